The molecule has 0 spiro atoms. The molecule has 0 bridgehead atoms. The van der Waals surface area contributed by atoms with Crippen LogP contribution in [0.4, 0.5) is 0 Å². The average molecular weight is 186 g/mol. The minimum Gasteiger partial charge on any atom is -0.394 e. The van der Waals surface area contributed by atoms with Crippen LogP contribution in [0.15, 0.2) is 0 Å². The van der Waals surface area contributed by atoms with Crippen LogP contribution in [0.3, 0.4) is 0 Å². The molecule has 2 N–H and O–H groups in total. The number of rotatable bonds is 2. The van der Waals surface area contributed by atoms with Crippen molar-refractivity contribution >= 4 is 5.91 Å². The highest BCUT2D eigenvalue weighted by molar-refractivity contribution is 5.82. The molecule has 0 aliphatic carbocycles. The molecule has 4 heteroatoms. The Morgan fingerprint density at radius 3 is 2.92 bits per heavy atom. The number of amides is 1. The summed E-state index contributed by atoms with van der Waals surface area (Å²) in [6.45, 7) is 5.48. The molecular formula is C9H18N2O2. The van der Waals surface area contributed by atoms with Gasteiger partial charge in [0, 0.05) is 12.6 Å². The number of aliphatic hydroxyl groups is 1. The molecule has 4 nitrogen and oxygen atoms in total. The summed E-state index contributed by atoms with van der Waals surface area (Å²) in [7, 11) is 0. The van der Waals surface area contributed by atoms with Gasteiger partial charge in [-0.3, -0.25) is 4.79 Å². The van der Waals surface area contributed by atoms with Crippen LogP contribution in [0, 0.1) is 0 Å². The van der Waals surface area contributed by atoms with Crippen molar-refractivity contribution in [3.63, 3.8) is 0 Å². The maximum atomic E-state index is 11.7. The first-order valence-electron chi connectivity index (χ1n) is 4.81. The molecule has 0 aromatic carbocycles. The largest absolute Gasteiger partial charge is 0.394 e. The van der Waals surface area contributed by atoms with Crippen molar-refractivity contribution in [2.45, 2.75) is 32.4 Å². The van der Waals surface area contributed by atoms with Gasteiger partial charge < -0.3 is 15.3 Å². The third-order valence-electron chi connectivity index (χ3n) is 2.35. The smallest absolute Gasteiger partial charge is 0.242 e. The monoisotopic (exact) mass is 186 g/mol. The first kappa shape index (κ1) is 10.5. The predicted octanol–water partition coefficient (Wildman–Crippen LogP) is -0.422. The molecule has 0 radical (unpaired) electrons. The SMILES string of the molecule is CC(C)N1CCCNC(CO)C1=O. The highest BCUT2D eigenvalue weighted by atomic mass is 16.3. The Kier molecular flexibility index (Phi) is 3.69. The second kappa shape index (κ2) is 4.58. The molecular weight excluding hydrogens is 168 g/mol. The number of carbonyl (C=O) groups is 1. The summed E-state index contributed by atoms with van der Waals surface area (Å²) in [5, 5.41) is 12.0. The standard InChI is InChI=1S/C9H18N2O2/c1-7(2)11-5-3-4-10-8(6-12)9(11)13/h7-8,10,12H,3-6H2,1-2H3. The Balaban J connectivity index is 2.67. The van der Waals surface area contributed by atoms with Crippen LogP contribution in [0.2, 0.25) is 0 Å². The summed E-state index contributed by atoms with van der Waals surface area (Å²) in [5.74, 6) is 0.0231. The Morgan fingerprint density at radius 1 is 1.69 bits per heavy atom. The van der Waals surface area contributed by atoms with Gasteiger partial charge in [-0.05, 0) is 26.8 Å². The summed E-state index contributed by atoms with van der Waals surface area (Å²) in [6, 6.07) is -0.175. The zero-order chi connectivity index (χ0) is 9.84. The van der Waals surface area contributed by atoms with Crippen LogP contribution in [0.5, 0.6) is 0 Å². The van der Waals surface area contributed by atoms with Gasteiger partial charge in [0.05, 0.1) is 6.61 Å². The Bertz CT molecular complexity index is 182. The molecule has 1 aliphatic heterocycles. The van der Waals surface area contributed by atoms with Crippen molar-refractivity contribution < 1.29 is 9.90 Å². The molecule has 13 heavy (non-hydrogen) atoms. The summed E-state index contributed by atoms with van der Waals surface area (Å²) in [6.07, 6.45) is 0.959. The van der Waals surface area contributed by atoms with E-state index in [2.05, 4.69) is 5.32 Å². The van der Waals surface area contributed by atoms with Crippen LogP contribution in [0.25, 0.3) is 0 Å². The lowest BCUT2D eigenvalue weighted by Crippen LogP contribution is -2.48. The summed E-state index contributed by atoms with van der Waals surface area (Å²) in [4.78, 5) is 13.5. The number of nitrogens with one attached hydrogen (secondary N) is 1. The zero-order valence-electron chi connectivity index (χ0n) is 8.29. The van der Waals surface area contributed by atoms with Crippen molar-refractivity contribution in [1.29, 1.82) is 0 Å². The molecule has 0 aromatic rings. The molecule has 1 fully saturated rings. The van der Waals surface area contributed by atoms with E-state index >= 15 is 0 Å². The van der Waals surface area contributed by atoms with E-state index in [1.165, 1.54) is 0 Å². The van der Waals surface area contributed by atoms with Gasteiger partial charge >= 0.3 is 0 Å². The van der Waals surface area contributed by atoms with Gasteiger partial charge in [0.15, 0.2) is 0 Å². The lowest BCUT2D eigenvalue weighted by Gasteiger charge is -2.27. The fourth-order valence-corrected chi connectivity index (χ4v) is 1.58. The van der Waals surface area contributed by atoms with Crippen molar-refractivity contribution in [2.24, 2.45) is 0 Å². The highest BCUT2D eigenvalue weighted by Crippen LogP contribution is 2.06. The van der Waals surface area contributed by atoms with E-state index in [1.54, 1.807) is 0 Å². The van der Waals surface area contributed by atoms with Crippen LogP contribution < -0.4 is 5.32 Å². The van der Waals surface area contributed by atoms with Gasteiger partial charge in [0.2, 0.25) is 5.91 Å². The quantitative estimate of drug-likeness (QED) is 0.615. The lowest BCUT2D eigenvalue weighted by atomic mass is 10.2. The van der Waals surface area contributed by atoms with Gasteiger partial charge in [-0.1, -0.05) is 0 Å². The van der Waals surface area contributed by atoms with E-state index < -0.39 is 6.04 Å². The highest BCUT2D eigenvalue weighted by Gasteiger charge is 2.27. The zero-order valence-corrected chi connectivity index (χ0v) is 8.29. The molecule has 1 aliphatic rings. The average Bonchev–Trinajstić information content (AvgIpc) is 2.26. The fraction of sp³-hybridized carbons (Fsp3) is 0.889. The van der Waals surface area contributed by atoms with E-state index in [0.717, 1.165) is 19.5 Å². The van der Waals surface area contributed by atoms with Crippen LogP contribution in [-0.2, 0) is 4.79 Å². The van der Waals surface area contributed by atoms with Crippen LogP contribution in [0.1, 0.15) is 20.3 Å². The molecule has 1 unspecified atom stereocenters. The third-order valence-corrected chi connectivity index (χ3v) is 2.35. The van der Waals surface area contributed by atoms with Gasteiger partial charge in [-0.2, -0.15) is 0 Å². The number of nitrogens with zero attached hydrogens (tertiary/aromatic N) is 1. The Morgan fingerprint density at radius 2 is 2.38 bits per heavy atom. The summed E-state index contributed by atoms with van der Waals surface area (Å²) >= 11 is 0. The molecule has 1 atom stereocenters. The number of hydrogen-bond donors (Lipinski definition) is 2. The third kappa shape index (κ3) is 2.42. The van der Waals surface area contributed by atoms with Crippen LogP contribution in [-0.4, -0.2) is 47.7 Å². The molecule has 1 amide bonds. The Hall–Kier alpha value is -0.610. The van der Waals surface area contributed by atoms with Crippen molar-refractivity contribution in [1.82, 2.24) is 10.2 Å². The van der Waals surface area contributed by atoms with Crippen molar-refractivity contribution in [2.75, 3.05) is 19.7 Å². The molecule has 1 rings (SSSR count). The van der Waals surface area contributed by atoms with Crippen LogP contribution >= 0.6 is 0 Å². The molecule has 1 heterocycles. The minimum atomic E-state index is -0.398. The van der Waals surface area contributed by atoms with E-state index in [-0.39, 0.29) is 18.6 Å². The number of hydrogen-bond acceptors (Lipinski definition) is 3. The van der Waals surface area contributed by atoms with Crippen molar-refractivity contribution in [3.05, 3.63) is 0 Å². The molecule has 0 saturated carbocycles. The second-order valence-corrected chi connectivity index (χ2v) is 3.67. The number of carbonyl (C=O) groups excluding carboxylic acids is 1. The second-order valence-electron chi connectivity index (χ2n) is 3.67. The van der Waals surface area contributed by atoms with Gasteiger partial charge in [0.1, 0.15) is 6.04 Å². The van der Waals surface area contributed by atoms with Gasteiger partial charge in [-0.15, -0.1) is 0 Å². The molecule has 1 saturated heterocycles. The summed E-state index contributed by atoms with van der Waals surface area (Å²) in [5.41, 5.74) is 0. The topological polar surface area (TPSA) is 52.6 Å². The molecule has 0 aromatic heterocycles. The van der Waals surface area contributed by atoms with E-state index in [4.69, 9.17) is 5.11 Å². The predicted molar refractivity (Wildman–Crippen MR) is 50.3 cm³/mol. The first-order chi connectivity index (χ1) is 6.16. The Labute approximate surface area is 78.9 Å². The fourth-order valence-electron chi connectivity index (χ4n) is 1.58. The van der Waals surface area contributed by atoms with Gasteiger partial charge in [-0.25, -0.2) is 0 Å². The first-order valence-corrected chi connectivity index (χ1v) is 4.81. The number of aliphatic hydroxyl groups excluding tert-OH is 1. The maximum absolute atomic E-state index is 11.7. The molecule has 76 valence electrons. The lowest BCUT2D eigenvalue weighted by molar-refractivity contribution is -0.135. The normalized spacial score (nSPS) is 25.1. The minimum absolute atomic E-state index is 0.0231. The summed E-state index contributed by atoms with van der Waals surface area (Å²) < 4.78 is 0. The van der Waals surface area contributed by atoms with Gasteiger partial charge in [0.25, 0.3) is 0 Å². The van der Waals surface area contributed by atoms with E-state index in [1.807, 2.05) is 18.7 Å². The van der Waals surface area contributed by atoms with E-state index in [9.17, 15) is 4.79 Å². The van der Waals surface area contributed by atoms with E-state index in [0.29, 0.717) is 0 Å². The maximum Gasteiger partial charge on any atom is 0.242 e. The van der Waals surface area contributed by atoms with Crippen molar-refractivity contribution in [3.8, 4) is 0 Å².